The second-order valence-electron chi connectivity index (χ2n) is 12.1. The van der Waals surface area contributed by atoms with Crippen LogP contribution in [0, 0.1) is 5.92 Å². The minimum absolute atomic E-state index is 0.0501. The molecule has 3 amide bonds. The monoisotopic (exact) mass is 581 g/mol. The van der Waals surface area contributed by atoms with E-state index in [0.717, 1.165) is 4.90 Å². The van der Waals surface area contributed by atoms with Crippen LogP contribution < -0.4 is 5.32 Å². The van der Waals surface area contributed by atoms with E-state index < -0.39 is 45.4 Å². The van der Waals surface area contributed by atoms with Crippen LogP contribution in [0.5, 0.6) is 0 Å². The van der Waals surface area contributed by atoms with Crippen molar-refractivity contribution in [2.75, 3.05) is 18.4 Å². The highest BCUT2D eigenvalue weighted by Crippen LogP contribution is 2.28. The lowest BCUT2D eigenvalue weighted by molar-refractivity contribution is -0.134. The van der Waals surface area contributed by atoms with Gasteiger partial charge in [0.2, 0.25) is 15.9 Å². The number of carbonyl (C=O) groups is 4. The Morgan fingerprint density at radius 3 is 2.17 bits per heavy atom. The van der Waals surface area contributed by atoms with Crippen molar-refractivity contribution in [1.82, 2.24) is 9.21 Å². The van der Waals surface area contributed by atoms with Crippen LogP contribution in [0.2, 0.25) is 0 Å². The van der Waals surface area contributed by atoms with E-state index in [0.29, 0.717) is 18.5 Å². The van der Waals surface area contributed by atoms with Gasteiger partial charge in [0.1, 0.15) is 23.0 Å². The van der Waals surface area contributed by atoms with Gasteiger partial charge in [-0.05, 0) is 91.0 Å². The molecule has 0 unspecified atom stereocenters. The lowest BCUT2D eigenvalue weighted by Gasteiger charge is -2.33. The van der Waals surface area contributed by atoms with Gasteiger partial charge >= 0.3 is 12.2 Å². The number of hydrogen-bond donors (Lipinski definition) is 1. The summed E-state index contributed by atoms with van der Waals surface area (Å²) in [4.78, 5) is 51.0. The molecule has 0 aromatic heterocycles. The molecule has 1 fully saturated rings. The van der Waals surface area contributed by atoms with E-state index >= 15 is 0 Å². The number of nitrogens with zero attached hydrogens (tertiary/aromatic N) is 2. The zero-order chi connectivity index (χ0) is 30.5. The molecule has 12 heteroatoms. The first-order valence-electron chi connectivity index (χ1n) is 13.5. The number of Topliss-reactive ketones (excluding diaryl/α,β-unsaturated/α-hetero) is 1. The summed E-state index contributed by atoms with van der Waals surface area (Å²) in [6.45, 7) is 13.7. The van der Waals surface area contributed by atoms with E-state index in [9.17, 15) is 27.6 Å². The number of amides is 3. The number of benzene rings is 1. The van der Waals surface area contributed by atoms with Gasteiger partial charge in [0, 0.05) is 25.2 Å². The molecule has 1 atom stereocenters. The second kappa shape index (κ2) is 13.1. The van der Waals surface area contributed by atoms with Crippen LogP contribution in [-0.2, 0) is 29.1 Å². The lowest BCUT2D eigenvalue weighted by atomic mass is 10.0. The van der Waals surface area contributed by atoms with Crippen molar-refractivity contribution in [1.29, 1.82) is 0 Å². The molecule has 1 saturated heterocycles. The fraction of sp³-hybridized carbons (Fsp3) is 0.643. The summed E-state index contributed by atoms with van der Waals surface area (Å²) in [5, 5.41) is 2.53. The SMILES string of the molecule is CC(=O)CC(C)(C)OC(=O)Nc1ccc(S(=O)(=O)N(CC(C)C)[C@H]2CCCCN(C(=O)OC(C)(C)C)C2=O)cc1. The Hall–Kier alpha value is -2.99. The van der Waals surface area contributed by atoms with Crippen molar-refractivity contribution in [2.24, 2.45) is 5.92 Å². The molecule has 1 aliphatic heterocycles. The zero-order valence-electron chi connectivity index (χ0n) is 24.8. The van der Waals surface area contributed by atoms with E-state index in [1.165, 1.54) is 35.5 Å². The summed E-state index contributed by atoms with van der Waals surface area (Å²) >= 11 is 0. The molecule has 1 aromatic rings. The normalized spacial score (nSPS) is 17.0. The number of anilines is 1. The third-order valence-corrected chi connectivity index (χ3v) is 7.81. The Labute approximate surface area is 237 Å². The van der Waals surface area contributed by atoms with Gasteiger partial charge in [0.05, 0.1) is 4.90 Å². The van der Waals surface area contributed by atoms with E-state index in [2.05, 4.69) is 5.32 Å². The van der Waals surface area contributed by atoms with E-state index in [4.69, 9.17) is 9.47 Å². The quantitative estimate of drug-likeness (QED) is 0.432. The number of hydrogen-bond acceptors (Lipinski definition) is 8. The molecule has 0 saturated carbocycles. The number of ketones is 1. The Balaban J connectivity index is 2.30. The first-order valence-corrected chi connectivity index (χ1v) is 14.9. The van der Waals surface area contributed by atoms with Crippen LogP contribution in [0.1, 0.15) is 81.1 Å². The molecule has 1 aliphatic rings. The van der Waals surface area contributed by atoms with Crippen LogP contribution in [0.25, 0.3) is 0 Å². The summed E-state index contributed by atoms with van der Waals surface area (Å²) in [6.07, 6.45) is -0.156. The number of nitrogens with one attached hydrogen (secondary N) is 1. The molecular weight excluding hydrogens is 538 g/mol. The number of ether oxygens (including phenoxy) is 2. The van der Waals surface area contributed by atoms with Crippen molar-refractivity contribution in [2.45, 2.75) is 103 Å². The van der Waals surface area contributed by atoms with Crippen LogP contribution >= 0.6 is 0 Å². The number of likely N-dealkylation sites (tertiary alicyclic amines) is 1. The Kier molecular flexibility index (Phi) is 10.9. The van der Waals surface area contributed by atoms with Gasteiger partial charge in [0.15, 0.2) is 0 Å². The largest absolute Gasteiger partial charge is 0.443 e. The average molecular weight is 582 g/mol. The molecule has 1 N–H and O–H groups in total. The third-order valence-electron chi connectivity index (χ3n) is 5.92. The third kappa shape index (κ3) is 9.58. The average Bonchev–Trinajstić information content (AvgIpc) is 2.96. The van der Waals surface area contributed by atoms with Crippen molar-refractivity contribution in [3.05, 3.63) is 24.3 Å². The van der Waals surface area contributed by atoms with Crippen molar-refractivity contribution in [3.63, 3.8) is 0 Å². The molecule has 1 aromatic carbocycles. The van der Waals surface area contributed by atoms with Gasteiger partial charge in [-0.1, -0.05) is 13.8 Å². The van der Waals surface area contributed by atoms with Gasteiger partial charge in [-0.15, -0.1) is 0 Å². The van der Waals surface area contributed by atoms with Crippen LogP contribution in [0.3, 0.4) is 0 Å². The van der Waals surface area contributed by atoms with Crippen LogP contribution in [-0.4, -0.2) is 71.8 Å². The van der Waals surface area contributed by atoms with Gasteiger partial charge in [-0.25, -0.2) is 22.9 Å². The van der Waals surface area contributed by atoms with Crippen molar-refractivity contribution >= 4 is 39.6 Å². The summed E-state index contributed by atoms with van der Waals surface area (Å²) in [6, 6.07) is 4.44. The van der Waals surface area contributed by atoms with Gasteiger partial charge < -0.3 is 9.47 Å². The lowest BCUT2D eigenvalue weighted by Crippen LogP contribution is -2.53. The number of rotatable bonds is 9. The van der Waals surface area contributed by atoms with Crippen LogP contribution in [0.4, 0.5) is 15.3 Å². The van der Waals surface area contributed by atoms with Crippen molar-refractivity contribution in [3.8, 4) is 0 Å². The molecule has 0 bridgehead atoms. The van der Waals surface area contributed by atoms with Gasteiger partial charge in [0.25, 0.3) is 0 Å². The summed E-state index contributed by atoms with van der Waals surface area (Å²) < 4.78 is 39.6. The highest BCUT2D eigenvalue weighted by atomic mass is 32.2. The molecule has 2 rings (SSSR count). The molecule has 0 aliphatic carbocycles. The molecule has 1 heterocycles. The predicted octanol–water partition coefficient (Wildman–Crippen LogP) is 4.96. The highest BCUT2D eigenvalue weighted by molar-refractivity contribution is 7.89. The van der Waals surface area contributed by atoms with Crippen LogP contribution in [0.15, 0.2) is 29.2 Å². The summed E-state index contributed by atoms with van der Waals surface area (Å²) in [5.41, 5.74) is -1.52. The summed E-state index contributed by atoms with van der Waals surface area (Å²) in [5.74, 6) is -0.834. The molecule has 0 radical (unpaired) electrons. The Morgan fingerprint density at radius 2 is 1.65 bits per heavy atom. The van der Waals surface area contributed by atoms with E-state index in [1.807, 2.05) is 13.8 Å². The van der Waals surface area contributed by atoms with Gasteiger partial charge in [-0.2, -0.15) is 4.31 Å². The topological polar surface area (TPSA) is 139 Å². The number of carbonyl (C=O) groups excluding carboxylic acids is 4. The molecule has 0 spiro atoms. The number of sulfonamides is 1. The first kappa shape index (κ1) is 33.2. The highest BCUT2D eigenvalue weighted by Gasteiger charge is 2.42. The zero-order valence-corrected chi connectivity index (χ0v) is 25.6. The van der Waals surface area contributed by atoms with Crippen molar-refractivity contribution < 1.29 is 37.1 Å². The minimum Gasteiger partial charge on any atom is -0.443 e. The van der Waals surface area contributed by atoms with E-state index in [-0.39, 0.29) is 42.5 Å². The maximum absolute atomic E-state index is 13.8. The first-order chi connectivity index (χ1) is 18.3. The Bertz CT molecular complexity index is 1190. The van der Waals surface area contributed by atoms with Gasteiger partial charge in [-0.3, -0.25) is 14.9 Å². The number of imide groups is 1. The molecule has 224 valence electrons. The fourth-order valence-electron chi connectivity index (χ4n) is 4.41. The molecule has 11 nitrogen and oxygen atoms in total. The maximum Gasteiger partial charge on any atom is 0.417 e. The fourth-order valence-corrected chi connectivity index (χ4v) is 6.19. The predicted molar refractivity (Wildman–Crippen MR) is 150 cm³/mol. The Morgan fingerprint density at radius 1 is 1.05 bits per heavy atom. The maximum atomic E-state index is 13.8. The molecule has 40 heavy (non-hydrogen) atoms. The molecular formula is C28H43N3O8S. The minimum atomic E-state index is -4.16. The smallest absolute Gasteiger partial charge is 0.417 e. The standard InChI is InChI=1S/C28H43N3O8S/c1-19(2)18-31(23-11-9-10-16-30(24(23)33)26(35)39-27(4,5)6)40(36,37)22-14-12-21(13-15-22)29-25(34)38-28(7,8)17-20(3)32/h12-15,19,23H,9-11,16-18H2,1-8H3,(H,29,34)/t23-/m0/s1. The summed E-state index contributed by atoms with van der Waals surface area (Å²) in [7, 11) is -4.16. The second-order valence-corrected chi connectivity index (χ2v) is 14.0. The van der Waals surface area contributed by atoms with E-state index in [1.54, 1.807) is 34.6 Å².